The zero-order valence-electron chi connectivity index (χ0n) is 8.51. The largest absolute Gasteiger partial charge is 0.275 e. The van der Waals surface area contributed by atoms with Crippen molar-refractivity contribution in [2.45, 2.75) is 6.92 Å². The van der Waals surface area contributed by atoms with Crippen LogP contribution >= 0.6 is 11.3 Å². The van der Waals surface area contributed by atoms with Crippen LogP contribution in [0.2, 0.25) is 0 Å². The van der Waals surface area contributed by atoms with Gasteiger partial charge in [-0.1, -0.05) is 0 Å². The second kappa shape index (κ2) is 2.93. The summed E-state index contributed by atoms with van der Waals surface area (Å²) in [6.07, 6.45) is 7.82. The highest BCUT2D eigenvalue weighted by atomic mass is 32.1. The lowest BCUT2D eigenvalue weighted by molar-refractivity contribution is 0.768. The average molecular weight is 218 g/mol. The average Bonchev–Trinajstić information content (AvgIpc) is 2.84. The lowest BCUT2D eigenvalue weighted by Crippen LogP contribution is -1.83. The van der Waals surface area contributed by atoms with E-state index in [0.717, 1.165) is 5.56 Å². The number of aryl methyl sites for hydroxylation is 2. The molecular weight excluding hydrogens is 208 g/mol. The van der Waals surface area contributed by atoms with Crippen LogP contribution in [0.15, 0.2) is 24.8 Å². The van der Waals surface area contributed by atoms with Gasteiger partial charge in [0.25, 0.3) is 0 Å². The van der Waals surface area contributed by atoms with E-state index < -0.39 is 0 Å². The highest BCUT2D eigenvalue weighted by Crippen LogP contribution is 2.29. The molecule has 3 rings (SSSR count). The lowest BCUT2D eigenvalue weighted by Gasteiger charge is -1.86. The zero-order valence-corrected chi connectivity index (χ0v) is 9.32. The van der Waals surface area contributed by atoms with Gasteiger partial charge in [-0.05, 0) is 6.92 Å². The number of rotatable bonds is 1. The van der Waals surface area contributed by atoms with Gasteiger partial charge < -0.3 is 0 Å². The standard InChI is InChI=1S/C10H10N4S/c1-7-3-12-14-6-9(15-10(7)14)8-4-11-13(2)5-8/h3-6H,1-2H3. The number of hydrogen-bond donors (Lipinski definition) is 0. The molecule has 0 amide bonds. The number of fused-ring (bicyclic) bond motifs is 1. The Balaban J connectivity index is 2.19. The molecule has 5 heteroatoms. The van der Waals surface area contributed by atoms with E-state index in [2.05, 4.69) is 17.1 Å². The summed E-state index contributed by atoms with van der Waals surface area (Å²) >= 11 is 1.74. The van der Waals surface area contributed by atoms with Gasteiger partial charge in [-0.15, -0.1) is 11.3 Å². The zero-order chi connectivity index (χ0) is 10.4. The van der Waals surface area contributed by atoms with Gasteiger partial charge in [0.15, 0.2) is 0 Å². The maximum Gasteiger partial charge on any atom is 0.122 e. The fourth-order valence-corrected chi connectivity index (χ4v) is 2.57. The van der Waals surface area contributed by atoms with Crippen molar-refractivity contribution >= 4 is 16.2 Å². The number of nitrogens with zero attached hydrogens (tertiary/aromatic N) is 4. The Morgan fingerprint density at radius 1 is 1.20 bits per heavy atom. The molecule has 0 saturated carbocycles. The molecule has 0 spiro atoms. The smallest absolute Gasteiger partial charge is 0.122 e. The quantitative estimate of drug-likeness (QED) is 0.627. The molecule has 76 valence electrons. The van der Waals surface area contributed by atoms with Crippen molar-refractivity contribution in [1.82, 2.24) is 19.4 Å². The van der Waals surface area contributed by atoms with Gasteiger partial charge >= 0.3 is 0 Å². The van der Waals surface area contributed by atoms with Crippen LogP contribution in [0.3, 0.4) is 0 Å². The van der Waals surface area contributed by atoms with Crippen LogP contribution in [0.5, 0.6) is 0 Å². The molecule has 0 unspecified atom stereocenters. The fourth-order valence-electron chi connectivity index (χ4n) is 1.58. The van der Waals surface area contributed by atoms with Crippen LogP contribution < -0.4 is 0 Å². The third-order valence-corrected chi connectivity index (χ3v) is 3.62. The van der Waals surface area contributed by atoms with Gasteiger partial charge in [0, 0.05) is 30.6 Å². The minimum Gasteiger partial charge on any atom is -0.275 e. The third kappa shape index (κ3) is 1.27. The molecule has 0 N–H and O–H groups in total. The third-order valence-electron chi connectivity index (χ3n) is 2.36. The Morgan fingerprint density at radius 2 is 2.07 bits per heavy atom. The van der Waals surface area contributed by atoms with Crippen molar-refractivity contribution in [1.29, 1.82) is 0 Å². The molecule has 0 bridgehead atoms. The van der Waals surface area contributed by atoms with Crippen molar-refractivity contribution in [3.05, 3.63) is 30.4 Å². The summed E-state index contributed by atoms with van der Waals surface area (Å²) in [6, 6.07) is 0. The Morgan fingerprint density at radius 3 is 2.73 bits per heavy atom. The van der Waals surface area contributed by atoms with E-state index in [9.17, 15) is 0 Å². The lowest BCUT2D eigenvalue weighted by atomic mass is 10.3. The first-order valence-corrected chi connectivity index (χ1v) is 5.48. The Hall–Kier alpha value is -1.62. The highest BCUT2D eigenvalue weighted by molar-refractivity contribution is 7.20. The second-order valence-corrected chi connectivity index (χ2v) is 4.61. The Labute approximate surface area is 90.8 Å². The Kier molecular flexibility index (Phi) is 1.70. The molecule has 0 fully saturated rings. The van der Waals surface area contributed by atoms with Gasteiger partial charge in [-0.3, -0.25) is 4.68 Å². The maximum absolute atomic E-state index is 4.27. The SMILES string of the molecule is Cc1cnn2cc(-c3cnn(C)c3)sc12. The van der Waals surface area contributed by atoms with E-state index in [-0.39, 0.29) is 0 Å². The molecule has 0 aliphatic heterocycles. The van der Waals surface area contributed by atoms with E-state index in [1.165, 1.54) is 15.3 Å². The van der Waals surface area contributed by atoms with Gasteiger partial charge in [0.2, 0.25) is 0 Å². The number of hydrogen-bond acceptors (Lipinski definition) is 3. The van der Waals surface area contributed by atoms with Gasteiger partial charge in [0.1, 0.15) is 4.83 Å². The second-order valence-electron chi connectivity index (χ2n) is 3.58. The van der Waals surface area contributed by atoms with Crippen LogP contribution in [0, 0.1) is 6.92 Å². The van der Waals surface area contributed by atoms with Crippen molar-refractivity contribution in [2.24, 2.45) is 7.05 Å². The van der Waals surface area contributed by atoms with Crippen LogP contribution in [0.25, 0.3) is 15.3 Å². The number of aromatic nitrogens is 4. The molecule has 0 aliphatic rings. The van der Waals surface area contributed by atoms with Crippen LogP contribution in [-0.2, 0) is 7.05 Å². The monoisotopic (exact) mass is 218 g/mol. The molecular formula is C10H10N4S. The van der Waals surface area contributed by atoms with Crippen molar-refractivity contribution < 1.29 is 0 Å². The van der Waals surface area contributed by atoms with E-state index in [1.54, 1.807) is 11.3 Å². The maximum atomic E-state index is 4.27. The van der Waals surface area contributed by atoms with Crippen molar-refractivity contribution in [3.8, 4) is 10.4 Å². The minimum absolute atomic E-state index is 1.15. The predicted molar refractivity (Wildman–Crippen MR) is 60.0 cm³/mol. The highest BCUT2D eigenvalue weighted by Gasteiger charge is 2.08. The van der Waals surface area contributed by atoms with Gasteiger partial charge in [0.05, 0.1) is 17.3 Å². The summed E-state index contributed by atoms with van der Waals surface area (Å²) in [5.74, 6) is 0. The van der Waals surface area contributed by atoms with Crippen LogP contribution in [0.1, 0.15) is 5.56 Å². The van der Waals surface area contributed by atoms with Crippen molar-refractivity contribution in [2.75, 3.05) is 0 Å². The summed E-state index contributed by atoms with van der Waals surface area (Å²) < 4.78 is 3.73. The number of thiazole rings is 1. The first-order valence-electron chi connectivity index (χ1n) is 4.67. The summed E-state index contributed by atoms with van der Waals surface area (Å²) in [4.78, 5) is 2.41. The molecule has 0 atom stereocenters. The van der Waals surface area contributed by atoms with Crippen LogP contribution in [-0.4, -0.2) is 19.4 Å². The molecule has 3 aromatic rings. The molecule has 0 radical (unpaired) electrons. The molecule has 3 heterocycles. The molecule has 0 aliphatic carbocycles. The van der Waals surface area contributed by atoms with Crippen LogP contribution in [0.4, 0.5) is 0 Å². The van der Waals surface area contributed by atoms with E-state index in [4.69, 9.17) is 0 Å². The summed E-state index contributed by atoms with van der Waals surface area (Å²) in [7, 11) is 1.92. The van der Waals surface area contributed by atoms with E-state index in [1.807, 2.05) is 41.0 Å². The summed E-state index contributed by atoms with van der Waals surface area (Å²) in [6.45, 7) is 2.08. The molecule has 15 heavy (non-hydrogen) atoms. The molecule has 0 aromatic carbocycles. The topological polar surface area (TPSA) is 35.1 Å². The first-order chi connectivity index (χ1) is 7.24. The van der Waals surface area contributed by atoms with Gasteiger partial charge in [-0.2, -0.15) is 10.2 Å². The van der Waals surface area contributed by atoms with Crippen molar-refractivity contribution in [3.63, 3.8) is 0 Å². The fraction of sp³-hybridized carbons (Fsp3) is 0.200. The predicted octanol–water partition coefficient (Wildman–Crippen LogP) is 2.10. The first kappa shape index (κ1) is 8.67. The molecule has 4 nitrogen and oxygen atoms in total. The molecule has 3 aromatic heterocycles. The Bertz CT molecular complexity index is 616. The normalized spacial score (nSPS) is 11.3. The molecule has 0 saturated heterocycles. The summed E-state index contributed by atoms with van der Waals surface area (Å²) in [5.41, 5.74) is 2.36. The van der Waals surface area contributed by atoms with Gasteiger partial charge in [-0.25, -0.2) is 4.52 Å². The minimum atomic E-state index is 1.15. The summed E-state index contributed by atoms with van der Waals surface area (Å²) in [5, 5.41) is 8.43. The van der Waals surface area contributed by atoms with E-state index >= 15 is 0 Å². The van der Waals surface area contributed by atoms with E-state index in [0.29, 0.717) is 0 Å².